The normalized spacial score (nSPS) is 24.3. The summed E-state index contributed by atoms with van der Waals surface area (Å²) < 4.78 is 37.2. The lowest BCUT2D eigenvalue weighted by atomic mass is 9.78. The molecule has 0 radical (unpaired) electrons. The Hall–Kier alpha value is -1.53. The fourth-order valence-corrected chi connectivity index (χ4v) is 4.55. The van der Waals surface area contributed by atoms with Crippen LogP contribution in [0.2, 0.25) is 0 Å². The molecule has 0 amide bonds. The van der Waals surface area contributed by atoms with Crippen molar-refractivity contribution in [1.29, 1.82) is 0 Å². The highest BCUT2D eigenvalue weighted by Gasteiger charge is 2.34. The monoisotopic (exact) mass is 320 g/mol. The summed E-state index contributed by atoms with van der Waals surface area (Å²) in [6, 6.07) is 3.42. The van der Waals surface area contributed by atoms with E-state index in [0.717, 1.165) is 35.9 Å². The first-order chi connectivity index (χ1) is 10.4. The molecule has 0 bridgehead atoms. The highest BCUT2D eigenvalue weighted by atomic mass is 32.2. The van der Waals surface area contributed by atoms with E-state index < -0.39 is 16.2 Å². The Kier molecular flexibility index (Phi) is 3.03. The quantitative estimate of drug-likeness (QED) is 0.924. The molecule has 2 aliphatic rings. The molecule has 4 nitrogen and oxygen atoms in total. The molecule has 1 saturated carbocycles. The maximum atomic E-state index is 13.3. The van der Waals surface area contributed by atoms with E-state index in [2.05, 4.69) is 4.98 Å². The summed E-state index contributed by atoms with van der Waals surface area (Å²) in [6.07, 6.45) is 4.57. The third kappa shape index (κ3) is 2.05. The lowest BCUT2D eigenvalue weighted by Gasteiger charge is -2.30. The zero-order valence-electron chi connectivity index (χ0n) is 12.0. The van der Waals surface area contributed by atoms with E-state index >= 15 is 0 Å². The number of nitrogens with two attached hydrogens (primary N) is 1. The van der Waals surface area contributed by atoms with Crippen LogP contribution in [0, 0.1) is 0 Å². The molecule has 0 unspecified atom stereocenters. The van der Waals surface area contributed by atoms with Crippen molar-refractivity contribution < 1.29 is 12.8 Å². The second-order valence-corrected chi connectivity index (χ2v) is 7.83. The van der Waals surface area contributed by atoms with Gasteiger partial charge in [-0.1, -0.05) is 0 Å². The first kappa shape index (κ1) is 14.1. The molecule has 2 aliphatic carbocycles. The van der Waals surface area contributed by atoms with Gasteiger partial charge in [-0.05, 0) is 55.4 Å². The summed E-state index contributed by atoms with van der Waals surface area (Å²) in [5.74, 6) is 0.0825. The number of nitrogens with zero attached hydrogens (tertiary/aromatic N) is 1. The van der Waals surface area contributed by atoms with Crippen molar-refractivity contribution >= 4 is 20.8 Å². The summed E-state index contributed by atoms with van der Waals surface area (Å²) >= 11 is 0. The van der Waals surface area contributed by atoms with Crippen molar-refractivity contribution in [3.8, 4) is 0 Å². The number of aryl methyl sites for hydroxylation is 2. The van der Waals surface area contributed by atoms with Gasteiger partial charge < -0.3 is 0 Å². The van der Waals surface area contributed by atoms with Crippen molar-refractivity contribution in [2.24, 2.45) is 5.14 Å². The number of alkyl halides is 1. The number of hydrogen-bond donors (Lipinski definition) is 1. The molecule has 1 aromatic heterocycles. The van der Waals surface area contributed by atoms with Crippen molar-refractivity contribution in [2.75, 3.05) is 0 Å². The molecule has 116 valence electrons. The summed E-state index contributed by atoms with van der Waals surface area (Å²) in [5.41, 5.74) is 3.06. The van der Waals surface area contributed by atoms with E-state index in [1.165, 1.54) is 5.56 Å². The molecule has 2 aromatic rings. The highest BCUT2D eigenvalue weighted by molar-refractivity contribution is 7.89. The van der Waals surface area contributed by atoms with Gasteiger partial charge >= 0.3 is 0 Å². The Balaban J connectivity index is 2.05. The summed E-state index contributed by atoms with van der Waals surface area (Å²) in [6.45, 7) is 0. The number of pyridine rings is 1. The van der Waals surface area contributed by atoms with E-state index in [-0.39, 0.29) is 10.8 Å². The third-order valence-electron chi connectivity index (χ3n) is 4.89. The van der Waals surface area contributed by atoms with Crippen LogP contribution in [0.1, 0.15) is 42.0 Å². The predicted molar refractivity (Wildman–Crippen MR) is 82.0 cm³/mol. The molecule has 6 heteroatoms. The molecule has 0 spiro atoms. The molecule has 0 aliphatic heterocycles. The fourth-order valence-electron chi connectivity index (χ4n) is 3.76. The number of aromatic nitrogens is 1. The Morgan fingerprint density at radius 2 is 2.05 bits per heavy atom. The lowest BCUT2D eigenvalue weighted by Crippen LogP contribution is -2.24. The SMILES string of the molecule is NS(=O)(=O)c1cc2c(c3c(C4CC(F)C4)nccc13)CCC2. The van der Waals surface area contributed by atoms with Crippen LogP contribution in [0.3, 0.4) is 0 Å². The summed E-state index contributed by atoms with van der Waals surface area (Å²) in [7, 11) is -3.79. The average Bonchev–Trinajstić information content (AvgIpc) is 2.89. The second kappa shape index (κ2) is 4.73. The van der Waals surface area contributed by atoms with Crippen LogP contribution in [0.25, 0.3) is 10.8 Å². The van der Waals surface area contributed by atoms with Gasteiger partial charge in [-0.2, -0.15) is 0 Å². The van der Waals surface area contributed by atoms with Crippen LogP contribution in [-0.4, -0.2) is 19.6 Å². The van der Waals surface area contributed by atoms with E-state index in [9.17, 15) is 12.8 Å². The van der Waals surface area contributed by atoms with Crippen molar-refractivity contribution in [3.05, 3.63) is 35.2 Å². The molecular formula is C16H17FN2O2S. The second-order valence-electron chi connectivity index (χ2n) is 6.30. The van der Waals surface area contributed by atoms with Gasteiger partial charge in [-0.3, -0.25) is 4.98 Å². The molecule has 1 fully saturated rings. The molecule has 1 heterocycles. The van der Waals surface area contributed by atoms with E-state index in [1.54, 1.807) is 18.3 Å². The van der Waals surface area contributed by atoms with Crippen LogP contribution in [-0.2, 0) is 22.9 Å². The first-order valence-corrected chi connectivity index (χ1v) is 9.10. The molecule has 4 rings (SSSR count). The van der Waals surface area contributed by atoms with Gasteiger partial charge in [0.2, 0.25) is 10.0 Å². The number of fused-ring (bicyclic) bond motifs is 3. The van der Waals surface area contributed by atoms with Crippen LogP contribution in [0.4, 0.5) is 4.39 Å². The molecule has 2 N–H and O–H groups in total. The zero-order valence-corrected chi connectivity index (χ0v) is 12.9. The van der Waals surface area contributed by atoms with Crippen molar-refractivity contribution in [1.82, 2.24) is 4.98 Å². The van der Waals surface area contributed by atoms with Gasteiger partial charge in [0.1, 0.15) is 6.17 Å². The van der Waals surface area contributed by atoms with E-state index in [1.807, 2.05) is 0 Å². The minimum absolute atomic E-state index is 0.0825. The number of rotatable bonds is 2. The highest BCUT2D eigenvalue weighted by Crippen LogP contribution is 2.44. The van der Waals surface area contributed by atoms with Gasteiger partial charge in [0.05, 0.1) is 10.6 Å². The number of halogens is 1. The van der Waals surface area contributed by atoms with Gasteiger partial charge in [0.15, 0.2) is 0 Å². The van der Waals surface area contributed by atoms with Crippen LogP contribution in [0.15, 0.2) is 23.2 Å². The maximum Gasteiger partial charge on any atom is 0.238 e. The van der Waals surface area contributed by atoms with Crippen LogP contribution in [0.5, 0.6) is 0 Å². The molecule has 1 aromatic carbocycles. The smallest absolute Gasteiger partial charge is 0.238 e. The predicted octanol–water partition coefficient (Wildman–Crippen LogP) is 2.59. The largest absolute Gasteiger partial charge is 0.260 e. The van der Waals surface area contributed by atoms with Crippen LogP contribution < -0.4 is 5.14 Å². The standard InChI is InChI=1S/C16H17FN2O2S/c17-11-6-10(7-11)16-15-12-3-1-2-9(12)8-14(22(18,20)21)13(15)4-5-19-16/h4-5,8,10-11H,1-3,6-7H2,(H2,18,20,21). The third-order valence-corrected chi connectivity index (χ3v) is 5.84. The Labute approximate surface area is 128 Å². The minimum Gasteiger partial charge on any atom is -0.260 e. The van der Waals surface area contributed by atoms with Crippen molar-refractivity contribution in [3.63, 3.8) is 0 Å². The lowest BCUT2D eigenvalue weighted by molar-refractivity contribution is 0.177. The number of hydrogen-bond acceptors (Lipinski definition) is 3. The summed E-state index contributed by atoms with van der Waals surface area (Å²) in [5, 5.41) is 6.94. The number of sulfonamides is 1. The van der Waals surface area contributed by atoms with Gasteiger partial charge in [0.25, 0.3) is 0 Å². The Morgan fingerprint density at radius 3 is 2.73 bits per heavy atom. The Morgan fingerprint density at radius 1 is 1.27 bits per heavy atom. The van der Waals surface area contributed by atoms with Crippen LogP contribution >= 0.6 is 0 Å². The molecule has 0 atom stereocenters. The average molecular weight is 320 g/mol. The number of benzene rings is 1. The first-order valence-electron chi connectivity index (χ1n) is 7.55. The van der Waals surface area contributed by atoms with Gasteiger partial charge in [0, 0.05) is 22.9 Å². The maximum absolute atomic E-state index is 13.3. The molecular weight excluding hydrogens is 303 g/mol. The Bertz CT molecular complexity index is 873. The zero-order chi connectivity index (χ0) is 15.5. The van der Waals surface area contributed by atoms with Crippen molar-refractivity contribution in [2.45, 2.75) is 49.1 Å². The summed E-state index contributed by atoms with van der Waals surface area (Å²) in [4.78, 5) is 4.63. The molecule has 0 saturated heterocycles. The van der Waals surface area contributed by atoms with Gasteiger partial charge in [-0.25, -0.2) is 17.9 Å². The van der Waals surface area contributed by atoms with E-state index in [0.29, 0.717) is 18.2 Å². The minimum atomic E-state index is -3.79. The topological polar surface area (TPSA) is 73.1 Å². The fraction of sp³-hybridized carbons (Fsp3) is 0.438. The van der Waals surface area contributed by atoms with Gasteiger partial charge in [-0.15, -0.1) is 0 Å². The van der Waals surface area contributed by atoms with E-state index in [4.69, 9.17) is 5.14 Å². The number of primary sulfonamides is 1. The molecule has 22 heavy (non-hydrogen) atoms.